The second kappa shape index (κ2) is 6.27. The highest BCUT2D eigenvalue weighted by atomic mass is 127. The minimum Gasteiger partial charge on any atom is -0.321 e. The number of hydrogen-bond acceptors (Lipinski definition) is 2. The first-order chi connectivity index (χ1) is 10.6. The lowest BCUT2D eigenvalue weighted by molar-refractivity contribution is 0.102. The Balaban J connectivity index is 1.76. The van der Waals surface area contributed by atoms with Crippen molar-refractivity contribution < 1.29 is 9.18 Å². The summed E-state index contributed by atoms with van der Waals surface area (Å²) in [5.41, 5.74) is 1.69. The van der Waals surface area contributed by atoms with E-state index < -0.39 is 0 Å². The topological polar surface area (TPSA) is 46.9 Å². The molecule has 1 amide bonds. The SMILES string of the molecule is O=C(Nc1ccc(I)cc1)c1ccn(-c2ccc(F)cc2)n1. The number of hydrogen-bond donors (Lipinski definition) is 1. The molecule has 0 saturated heterocycles. The van der Waals surface area contributed by atoms with E-state index in [0.29, 0.717) is 17.1 Å². The molecule has 22 heavy (non-hydrogen) atoms. The Bertz CT molecular complexity index is 797. The quantitative estimate of drug-likeness (QED) is 0.671. The Morgan fingerprint density at radius 2 is 1.73 bits per heavy atom. The second-order valence-corrected chi connectivity index (χ2v) is 5.83. The fourth-order valence-electron chi connectivity index (χ4n) is 1.91. The van der Waals surface area contributed by atoms with Crippen LogP contribution in [0.4, 0.5) is 10.1 Å². The van der Waals surface area contributed by atoms with Crippen molar-refractivity contribution in [2.75, 3.05) is 5.32 Å². The maximum absolute atomic E-state index is 12.9. The number of aromatic nitrogens is 2. The Hall–Kier alpha value is -2.22. The lowest BCUT2D eigenvalue weighted by Crippen LogP contribution is -2.13. The van der Waals surface area contributed by atoms with Gasteiger partial charge in [-0.2, -0.15) is 5.10 Å². The van der Waals surface area contributed by atoms with Gasteiger partial charge in [-0.05, 0) is 77.2 Å². The molecule has 0 radical (unpaired) electrons. The molecule has 1 N–H and O–H groups in total. The third-order valence-corrected chi connectivity index (χ3v) is 3.73. The lowest BCUT2D eigenvalue weighted by Gasteiger charge is -2.03. The molecule has 0 saturated carbocycles. The first-order valence-corrected chi connectivity index (χ1v) is 7.58. The highest BCUT2D eigenvalue weighted by Gasteiger charge is 2.10. The Morgan fingerprint density at radius 1 is 1.05 bits per heavy atom. The van der Waals surface area contributed by atoms with Gasteiger partial charge in [0.15, 0.2) is 5.69 Å². The van der Waals surface area contributed by atoms with Gasteiger partial charge in [0.1, 0.15) is 5.82 Å². The summed E-state index contributed by atoms with van der Waals surface area (Å²) in [6, 6.07) is 15.0. The smallest absolute Gasteiger partial charge is 0.276 e. The van der Waals surface area contributed by atoms with Gasteiger partial charge in [-0.25, -0.2) is 9.07 Å². The predicted octanol–water partition coefficient (Wildman–Crippen LogP) is 3.87. The van der Waals surface area contributed by atoms with Crippen LogP contribution in [0.5, 0.6) is 0 Å². The molecule has 0 aliphatic rings. The monoisotopic (exact) mass is 407 g/mol. The third-order valence-electron chi connectivity index (χ3n) is 3.01. The molecule has 110 valence electrons. The van der Waals surface area contributed by atoms with Crippen molar-refractivity contribution in [3.63, 3.8) is 0 Å². The molecular weight excluding hydrogens is 396 g/mol. The first-order valence-electron chi connectivity index (χ1n) is 6.50. The number of anilines is 1. The van der Waals surface area contributed by atoms with E-state index in [9.17, 15) is 9.18 Å². The Kier molecular flexibility index (Phi) is 4.19. The molecule has 2 aromatic carbocycles. The number of carbonyl (C=O) groups is 1. The summed E-state index contributed by atoms with van der Waals surface area (Å²) < 4.78 is 15.5. The molecule has 3 rings (SSSR count). The van der Waals surface area contributed by atoms with Gasteiger partial charge in [-0.15, -0.1) is 0 Å². The van der Waals surface area contributed by atoms with Gasteiger partial charge in [0, 0.05) is 15.5 Å². The van der Waals surface area contributed by atoms with E-state index in [-0.39, 0.29) is 11.7 Å². The van der Waals surface area contributed by atoms with E-state index in [1.807, 2.05) is 24.3 Å². The van der Waals surface area contributed by atoms with Crippen LogP contribution in [0.1, 0.15) is 10.5 Å². The molecule has 1 heterocycles. The molecule has 1 aromatic heterocycles. The summed E-state index contributed by atoms with van der Waals surface area (Å²) in [5.74, 6) is -0.602. The number of amides is 1. The van der Waals surface area contributed by atoms with Crippen molar-refractivity contribution in [3.05, 3.63) is 75.9 Å². The first kappa shape index (κ1) is 14.7. The van der Waals surface area contributed by atoms with Crippen molar-refractivity contribution in [1.29, 1.82) is 0 Å². The van der Waals surface area contributed by atoms with Crippen LogP contribution >= 0.6 is 22.6 Å². The normalized spacial score (nSPS) is 10.5. The van der Waals surface area contributed by atoms with Crippen molar-refractivity contribution in [3.8, 4) is 5.69 Å². The van der Waals surface area contributed by atoms with Gasteiger partial charge in [0.2, 0.25) is 0 Å². The van der Waals surface area contributed by atoms with E-state index >= 15 is 0 Å². The van der Waals surface area contributed by atoms with E-state index in [1.54, 1.807) is 24.4 Å². The zero-order valence-electron chi connectivity index (χ0n) is 11.3. The number of benzene rings is 2. The van der Waals surface area contributed by atoms with Crippen LogP contribution in [0.15, 0.2) is 60.8 Å². The van der Waals surface area contributed by atoms with Crippen LogP contribution in [0, 0.1) is 9.39 Å². The summed E-state index contributed by atoms with van der Waals surface area (Å²) in [7, 11) is 0. The zero-order valence-corrected chi connectivity index (χ0v) is 13.5. The standard InChI is InChI=1S/C16H11FIN3O/c17-11-1-7-14(8-2-11)21-10-9-15(20-21)16(22)19-13-5-3-12(18)4-6-13/h1-10H,(H,19,22). The minimum absolute atomic E-state index is 0.290. The lowest BCUT2D eigenvalue weighted by atomic mass is 10.3. The number of nitrogens with zero attached hydrogens (tertiary/aromatic N) is 2. The number of carbonyl (C=O) groups excluding carboxylic acids is 1. The average Bonchev–Trinajstić information content (AvgIpc) is 3.00. The summed E-state index contributed by atoms with van der Waals surface area (Å²) in [6.45, 7) is 0. The molecule has 0 atom stereocenters. The van der Waals surface area contributed by atoms with E-state index in [1.165, 1.54) is 16.8 Å². The van der Waals surface area contributed by atoms with Gasteiger partial charge in [-0.3, -0.25) is 4.79 Å². The molecule has 0 bridgehead atoms. The summed E-state index contributed by atoms with van der Waals surface area (Å²) in [6.07, 6.45) is 1.66. The van der Waals surface area contributed by atoms with Crippen molar-refractivity contribution in [2.45, 2.75) is 0 Å². The third kappa shape index (κ3) is 3.33. The summed E-state index contributed by atoms with van der Waals surface area (Å²) in [4.78, 5) is 12.1. The van der Waals surface area contributed by atoms with Crippen LogP contribution in [-0.4, -0.2) is 15.7 Å². The molecule has 6 heteroatoms. The maximum Gasteiger partial charge on any atom is 0.276 e. The zero-order chi connectivity index (χ0) is 15.5. The molecule has 4 nitrogen and oxygen atoms in total. The number of halogens is 2. The van der Waals surface area contributed by atoms with E-state index in [0.717, 1.165) is 3.57 Å². The molecule has 0 aliphatic heterocycles. The van der Waals surface area contributed by atoms with Crippen molar-refractivity contribution in [2.24, 2.45) is 0 Å². The van der Waals surface area contributed by atoms with Crippen LogP contribution < -0.4 is 5.32 Å². The fourth-order valence-corrected chi connectivity index (χ4v) is 2.27. The van der Waals surface area contributed by atoms with Crippen LogP contribution in [0.2, 0.25) is 0 Å². The molecule has 0 fully saturated rings. The van der Waals surface area contributed by atoms with Crippen molar-refractivity contribution in [1.82, 2.24) is 9.78 Å². The maximum atomic E-state index is 12.9. The molecule has 0 unspecified atom stereocenters. The van der Waals surface area contributed by atoms with Gasteiger partial charge in [0.05, 0.1) is 5.69 Å². The molecular formula is C16H11FIN3O. The van der Waals surface area contributed by atoms with Gasteiger partial charge < -0.3 is 5.32 Å². The van der Waals surface area contributed by atoms with Gasteiger partial charge >= 0.3 is 0 Å². The summed E-state index contributed by atoms with van der Waals surface area (Å²) >= 11 is 2.20. The average molecular weight is 407 g/mol. The van der Waals surface area contributed by atoms with Gasteiger partial charge in [0.25, 0.3) is 5.91 Å². The van der Waals surface area contributed by atoms with Crippen LogP contribution in [-0.2, 0) is 0 Å². The van der Waals surface area contributed by atoms with Crippen LogP contribution in [0.3, 0.4) is 0 Å². The minimum atomic E-state index is -0.312. The predicted molar refractivity (Wildman–Crippen MR) is 90.6 cm³/mol. The second-order valence-electron chi connectivity index (χ2n) is 4.58. The Labute approximate surface area is 140 Å². The van der Waals surface area contributed by atoms with Crippen LogP contribution in [0.25, 0.3) is 5.69 Å². The largest absolute Gasteiger partial charge is 0.321 e. The summed E-state index contributed by atoms with van der Waals surface area (Å²) in [5, 5.41) is 6.99. The van der Waals surface area contributed by atoms with E-state index in [2.05, 4.69) is 33.0 Å². The molecule has 0 aliphatic carbocycles. The molecule has 3 aromatic rings. The number of nitrogens with one attached hydrogen (secondary N) is 1. The highest BCUT2D eigenvalue weighted by molar-refractivity contribution is 14.1. The highest BCUT2D eigenvalue weighted by Crippen LogP contribution is 2.13. The fraction of sp³-hybridized carbons (Fsp3) is 0. The number of rotatable bonds is 3. The Morgan fingerprint density at radius 3 is 2.41 bits per heavy atom. The van der Waals surface area contributed by atoms with E-state index in [4.69, 9.17) is 0 Å². The van der Waals surface area contributed by atoms with Crippen molar-refractivity contribution >= 4 is 34.2 Å². The van der Waals surface area contributed by atoms with Gasteiger partial charge in [-0.1, -0.05) is 0 Å². The molecule has 0 spiro atoms.